The van der Waals surface area contributed by atoms with Crippen molar-refractivity contribution in [3.05, 3.63) is 90.3 Å². The maximum atomic E-state index is 12.5. The Morgan fingerprint density at radius 3 is 2.32 bits per heavy atom. The van der Waals surface area contributed by atoms with E-state index in [0.717, 1.165) is 22.4 Å². The first-order valence-corrected chi connectivity index (χ1v) is 10.5. The van der Waals surface area contributed by atoms with Gasteiger partial charge in [0.2, 0.25) is 5.43 Å². The molecule has 0 aliphatic rings. The number of pyridine rings is 1. The van der Waals surface area contributed by atoms with Crippen molar-refractivity contribution >= 4 is 47.2 Å². The number of hydrogen-bond donors (Lipinski definition) is 1. The number of halogens is 4. The number of hydrogen-bond acceptors (Lipinski definition) is 2. The topological polar surface area (TPSA) is 36.1 Å². The molecule has 0 spiro atoms. The fourth-order valence-corrected chi connectivity index (χ4v) is 3.80. The lowest BCUT2D eigenvalue weighted by atomic mass is 10.0. The summed E-state index contributed by atoms with van der Waals surface area (Å²) in [5.41, 5.74) is 4.60. The van der Waals surface area contributed by atoms with Crippen LogP contribution in [-0.4, -0.2) is 23.5 Å². The first kappa shape index (κ1) is 25.3. The third-order valence-electron chi connectivity index (χ3n) is 4.72. The van der Waals surface area contributed by atoms with E-state index in [1.54, 1.807) is 13.0 Å². The predicted molar refractivity (Wildman–Crippen MR) is 134 cm³/mol. The number of benzene rings is 2. The predicted octanol–water partition coefficient (Wildman–Crippen LogP) is 6.52. The highest BCUT2D eigenvalue weighted by Gasteiger charge is 2.12. The fraction of sp³-hybridized carbons (Fsp3) is 0.208. The molecule has 2 aromatic carbocycles. The second kappa shape index (κ2) is 11.1. The normalized spacial score (nSPS) is 10.4. The van der Waals surface area contributed by atoms with Gasteiger partial charge in [-0.25, -0.2) is 0 Å². The third kappa shape index (κ3) is 6.29. The van der Waals surface area contributed by atoms with E-state index < -0.39 is 0 Å². The molecule has 3 aromatic rings. The van der Waals surface area contributed by atoms with Crippen molar-refractivity contribution < 1.29 is 0 Å². The zero-order valence-electron chi connectivity index (χ0n) is 17.4. The number of aromatic amines is 1. The second-order valence-corrected chi connectivity index (χ2v) is 8.40. The summed E-state index contributed by atoms with van der Waals surface area (Å²) in [6, 6.07) is 13.1. The van der Waals surface area contributed by atoms with Crippen LogP contribution in [0.15, 0.2) is 47.3 Å². The van der Waals surface area contributed by atoms with Crippen LogP contribution in [0, 0.1) is 25.7 Å². The summed E-state index contributed by atoms with van der Waals surface area (Å²) in [5, 5.41) is 1.50. The van der Waals surface area contributed by atoms with Gasteiger partial charge in [0, 0.05) is 39.1 Å². The van der Waals surface area contributed by atoms with E-state index in [-0.39, 0.29) is 22.9 Å². The van der Waals surface area contributed by atoms with Crippen molar-refractivity contribution in [3.63, 3.8) is 0 Å². The summed E-state index contributed by atoms with van der Waals surface area (Å²) >= 11 is 18.3. The molecule has 0 aliphatic carbocycles. The van der Waals surface area contributed by atoms with Crippen molar-refractivity contribution in [3.8, 4) is 23.0 Å². The summed E-state index contributed by atoms with van der Waals surface area (Å²) in [6.07, 6.45) is 0. The molecular formula is C24H22Cl4N2O. The van der Waals surface area contributed by atoms with Crippen LogP contribution in [0.4, 0.5) is 0 Å². The van der Waals surface area contributed by atoms with E-state index in [4.69, 9.17) is 34.8 Å². The quantitative estimate of drug-likeness (QED) is 0.418. The maximum absolute atomic E-state index is 12.5. The molecule has 1 aromatic heterocycles. The van der Waals surface area contributed by atoms with Gasteiger partial charge >= 0.3 is 0 Å². The molecule has 162 valence electrons. The SMILES string of the molecule is Cc1[nH]c(C)c(-c2ccc(C#CCN(C)Cc3ccc(Cl)cc3Cl)cc2)c(=O)c1Cl.Cl. The Balaban J connectivity index is 0.00000341. The van der Waals surface area contributed by atoms with E-state index in [0.29, 0.717) is 34.4 Å². The molecule has 3 nitrogen and oxygen atoms in total. The summed E-state index contributed by atoms with van der Waals surface area (Å²) in [7, 11) is 1.99. The lowest BCUT2D eigenvalue weighted by Gasteiger charge is -2.14. The van der Waals surface area contributed by atoms with Crippen molar-refractivity contribution in [1.29, 1.82) is 0 Å². The molecule has 0 saturated heterocycles. The van der Waals surface area contributed by atoms with Gasteiger partial charge in [-0.1, -0.05) is 64.8 Å². The number of rotatable bonds is 4. The molecule has 1 heterocycles. The van der Waals surface area contributed by atoms with Crippen LogP contribution in [0.25, 0.3) is 11.1 Å². The summed E-state index contributed by atoms with van der Waals surface area (Å²) in [6.45, 7) is 4.93. The Morgan fingerprint density at radius 2 is 1.68 bits per heavy atom. The highest BCUT2D eigenvalue weighted by Crippen LogP contribution is 2.23. The highest BCUT2D eigenvalue weighted by atomic mass is 35.5. The summed E-state index contributed by atoms with van der Waals surface area (Å²) in [4.78, 5) is 17.8. The summed E-state index contributed by atoms with van der Waals surface area (Å²) in [5.74, 6) is 6.32. The minimum atomic E-state index is -0.160. The molecule has 1 N–H and O–H groups in total. The molecule has 0 unspecified atom stereocenters. The third-order valence-corrected chi connectivity index (χ3v) is 5.76. The first-order valence-electron chi connectivity index (χ1n) is 9.37. The van der Waals surface area contributed by atoms with Gasteiger partial charge in [-0.2, -0.15) is 0 Å². The van der Waals surface area contributed by atoms with Crippen LogP contribution in [0.1, 0.15) is 22.5 Å². The Morgan fingerprint density at radius 1 is 1.00 bits per heavy atom. The average Bonchev–Trinajstić information content (AvgIpc) is 2.69. The number of aryl methyl sites for hydroxylation is 2. The molecule has 0 fully saturated rings. The van der Waals surface area contributed by atoms with Crippen LogP contribution in [-0.2, 0) is 6.54 Å². The van der Waals surface area contributed by atoms with Crippen LogP contribution in [0.5, 0.6) is 0 Å². The van der Waals surface area contributed by atoms with Gasteiger partial charge in [-0.05, 0) is 56.3 Å². The average molecular weight is 496 g/mol. The minimum absolute atomic E-state index is 0. The molecule has 0 atom stereocenters. The van der Waals surface area contributed by atoms with E-state index in [9.17, 15) is 4.79 Å². The van der Waals surface area contributed by atoms with Gasteiger partial charge in [-0.3, -0.25) is 9.69 Å². The van der Waals surface area contributed by atoms with Crippen LogP contribution in [0.3, 0.4) is 0 Å². The molecule has 0 bridgehead atoms. The zero-order valence-corrected chi connectivity index (χ0v) is 20.4. The largest absolute Gasteiger partial charge is 0.361 e. The Hall–Kier alpha value is -1.93. The molecule has 3 rings (SSSR count). The molecule has 0 aliphatic heterocycles. The molecule has 0 radical (unpaired) electrons. The summed E-state index contributed by atoms with van der Waals surface area (Å²) < 4.78 is 0. The van der Waals surface area contributed by atoms with Gasteiger partial charge in [-0.15, -0.1) is 12.4 Å². The van der Waals surface area contributed by atoms with Crippen LogP contribution >= 0.6 is 47.2 Å². The maximum Gasteiger partial charge on any atom is 0.208 e. The molecule has 31 heavy (non-hydrogen) atoms. The van der Waals surface area contributed by atoms with Gasteiger partial charge < -0.3 is 4.98 Å². The van der Waals surface area contributed by atoms with Crippen molar-refractivity contribution in [2.45, 2.75) is 20.4 Å². The smallest absolute Gasteiger partial charge is 0.208 e. The molecular weight excluding hydrogens is 474 g/mol. The Labute approximate surface area is 203 Å². The lowest BCUT2D eigenvalue weighted by molar-refractivity contribution is 0.369. The zero-order chi connectivity index (χ0) is 21.8. The highest BCUT2D eigenvalue weighted by molar-refractivity contribution is 6.35. The second-order valence-electron chi connectivity index (χ2n) is 7.18. The van der Waals surface area contributed by atoms with E-state index in [1.807, 2.05) is 50.4 Å². The molecule has 0 saturated carbocycles. The van der Waals surface area contributed by atoms with Crippen molar-refractivity contribution in [2.75, 3.05) is 13.6 Å². The van der Waals surface area contributed by atoms with Gasteiger partial charge in [0.15, 0.2) is 0 Å². The number of aromatic nitrogens is 1. The standard InChI is InChI=1S/C24H21Cl3N2O.ClH/c1-15-22(24(30)23(27)16(2)28-15)18-8-6-17(7-9-18)5-4-12-29(3)14-19-10-11-20(25)13-21(19)26;/h6-11,13H,12,14H2,1-3H3,(H,28,30);1H. The monoisotopic (exact) mass is 494 g/mol. The van der Waals surface area contributed by atoms with Crippen LogP contribution in [0.2, 0.25) is 15.1 Å². The Kier molecular flexibility index (Phi) is 9.06. The first-order chi connectivity index (χ1) is 14.3. The Bertz CT molecular complexity index is 1190. The van der Waals surface area contributed by atoms with E-state index >= 15 is 0 Å². The van der Waals surface area contributed by atoms with Crippen LogP contribution < -0.4 is 5.43 Å². The number of nitrogens with one attached hydrogen (secondary N) is 1. The van der Waals surface area contributed by atoms with Crippen molar-refractivity contribution in [1.82, 2.24) is 9.88 Å². The molecule has 0 amide bonds. The minimum Gasteiger partial charge on any atom is -0.361 e. The lowest BCUT2D eigenvalue weighted by Crippen LogP contribution is -2.18. The fourth-order valence-electron chi connectivity index (χ4n) is 3.19. The molecule has 7 heteroatoms. The van der Waals surface area contributed by atoms with Gasteiger partial charge in [0.05, 0.1) is 6.54 Å². The number of nitrogens with zero attached hydrogens (tertiary/aromatic N) is 1. The van der Waals surface area contributed by atoms with Gasteiger partial charge in [0.1, 0.15) is 5.02 Å². The van der Waals surface area contributed by atoms with E-state index in [1.165, 1.54) is 0 Å². The number of H-pyrrole nitrogens is 1. The van der Waals surface area contributed by atoms with Crippen molar-refractivity contribution in [2.24, 2.45) is 0 Å². The van der Waals surface area contributed by atoms with Gasteiger partial charge in [0.25, 0.3) is 0 Å². The van der Waals surface area contributed by atoms with E-state index in [2.05, 4.69) is 21.7 Å².